The van der Waals surface area contributed by atoms with E-state index in [-0.39, 0.29) is 11.9 Å². The van der Waals surface area contributed by atoms with Crippen molar-refractivity contribution < 1.29 is 19.1 Å². The van der Waals surface area contributed by atoms with Crippen molar-refractivity contribution in [2.45, 2.75) is 70.1 Å². The molecule has 0 aliphatic heterocycles. The van der Waals surface area contributed by atoms with E-state index >= 15 is 0 Å². The lowest BCUT2D eigenvalue weighted by Gasteiger charge is -2.22. The maximum Gasteiger partial charge on any atom is 0.329 e. The number of primary amides is 1. The molecule has 0 radical (unpaired) electrons. The van der Waals surface area contributed by atoms with Gasteiger partial charge in [-0.2, -0.15) is 11.8 Å². The predicted molar refractivity (Wildman–Crippen MR) is 94.7 cm³/mol. The monoisotopic (exact) mass is 359 g/mol. The number of carbonyl (C=O) groups excluding carboxylic acids is 3. The van der Waals surface area contributed by atoms with Crippen LogP contribution in [-0.4, -0.2) is 48.1 Å². The zero-order valence-corrected chi connectivity index (χ0v) is 15.3. The highest BCUT2D eigenvalue weighted by Crippen LogP contribution is 2.17. The summed E-state index contributed by atoms with van der Waals surface area (Å²) < 4.78 is 5.21. The van der Waals surface area contributed by atoms with Crippen molar-refractivity contribution in [2.24, 2.45) is 5.73 Å². The first-order valence-electron chi connectivity index (χ1n) is 8.49. The van der Waals surface area contributed by atoms with Gasteiger partial charge in [0.05, 0.1) is 0 Å². The number of carbonyl (C=O) groups is 3. The molecule has 2 atom stereocenters. The quantitative estimate of drug-likeness (QED) is 0.450. The molecular weight excluding hydrogens is 330 g/mol. The smallest absolute Gasteiger partial charge is 0.329 e. The zero-order valence-electron chi connectivity index (χ0n) is 14.5. The average molecular weight is 359 g/mol. The molecule has 138 valence electrons. The molecule has 1 rings (SSSR count). The molecule has 24 heavy (non-hydrogen) atoms. The number of nitrogens with two attached hydrogens (primary N) is 1. The molecular formula is C16H29N3O4S. The lowest BCUT2D eigenvalue weighted by molar-refractivity contribution is -0.156. The summed E-state index contributed by atoms with van der Waals surface area (Å²) in [4.78, 5) is 35.4. The van der Waals surface area contributed by atoms with E-state index in [0.29, 0.717) is 12.2 Å². The molecule has 4 N–H and O–H groups in total. The molecule has 0 unspecified atom stereocenters. The van der Waals surface area contributed by atoms with E-state index in [2.05, 4.69) is 10.6 Å². The van der Waals surface area contributed by atoms with Gasteiger partial charge in [-0.05, 0) is 38.2 Å². The highest BCUT2D eigenvalue weighted by atomic mass is 32.2. The van der Waals surface area contributed by atoms with Gasteiger partial charge >= 0.3 is 12.0 Å². The number of amides is 3. The van der Waals surface area contributed by atoms with Gasteiger partial charge < -0.3 is 21.1 Å². The fourth-order valence-electron chi connectivity index (χ4n) is 2.71. The molecule has 0 spiro atoms. The minimum atomic E-state index is -0.896. The highest BCUT2D eigenvalue weighted by molar-refractivity contribution is 7.98. The van der Waals surface area contributed by atoms with Crippen LogP contribution in [0.1, 0.15) is 51.9 Å². The van der Waals surface area contributed by atoms with Gasteiger partial charge in [-0.15, -0.1) is 0 Å². The van der Waals surface area contributed by atoms with Crippen LogP contribution >= 0.6 is 11.8 Å². The summed E-state index contributed by atoms with van der Waals surface area (Å²) in [5.41, 5.74) is 5.09. The third kappa shape index (κ3) is 7.90. The Morgan fingerprint density at radius 1 is 1.21 bits per heavy atom. The summed E-state index contributed by atoms with van der Waals surface area (Å²) in [6.45, 7) is 1.54. The molecule has 3 amide bonds. The fraction of sp³-hybridized carbons (Fsp3) is 0.812. The van der Waals surface area contributed by atoms with Crippen LogP contribution in [0.5, 0.6) is 0 Å². The lowest BCUT2D eigenvalue weighted by atomic mass is 10.1. The highest BCUT2D eigenvalue weighted by Gasteiger charge is 2.26. The molecule has 1 fully saturated rings. The summed E-state index contributed by atoms with van der Waals surface area (Å²) in [7, 11) is 0. The van der Waals surface area contributed by atoms with E-state index in [0.717, 1.165) is 25.7 Å². The van der Waals surface area contributed by atoms with Gasteiger partial charge in [-0.25, -0.2) is 9.59 Å². The van der Waals surface area contributed by atoms with Crippen LogP contribution in [0, 0.1) is 0 Å². The molecule has 0 aromatic carbocycles. The molecule has 7 nitrogen and oxygen atoms in total. The molecule has 0 saturated heterocycles. The minimum Gasteiger partial charge on any atom is -0.451 e. The fourth-order valence-corrected chi connectivity index (χ4v) is 3.18. The topological polar surface area (TPSA) is 111 Å². The van der Waals surface area contributed by atoms with Crippen LogP contribution in [0.25, 0.3) is 0 Å². The Balaban J connectivity index is 2.49. The first kappa shape index (κ1) is 20.6. The third-order valence-corrected chi connectivity index (χ3v) is 4.72. The van der Waals surface area contributed by atoms with Crippen molar-refractivity contribution in [1.29, 1.82) is 0 Å². The number of urea groups is 1. The second-order valence-electron chi connectivity index (χ2n) is 6.12. The van der Waals surface area contributed by atoms with Crippen LogP contribution < -0.4 is 16.4 Å². The Morgan fingerprint density at radius 2 is 1.83 bits per heavy atom. The second-order valence-corrected chi connectivity index (χ2v) is 7.10. The van der Waals surface area contributed by atoms with E-state index in [1.165, 1.54) is 12.8 Å². The van der Waals surface area contributed by atoms with Gasteiger partial charge in [0.1, 0.15) is 6.04 Å². The van der Waals surface area contributed by atoms with Gasteiger partial charge in [0.2, 0.25) is 0 Å². The summed E-state index contributed by atoms with van der Waals surface area (Å²) in [6.07, 6.45) is 7.95. The number of nitrogens with one attached hydrogen (secondary N) is 2. The number of hydrogen-bond acceptors (Lipinski definition) is 5. The van der Waals surface area contributed by atoms with Gasteiger partial charge in [0, 0.05) is 6.04 Å². The zero-order chi connectivity index (χ0) is 17.9. The van der Waals surface area contributed by atoms with Crippen LogP contribution in [-0.2, 0) is 14.3 Å². The summed E-state index contributed by atoms with van der Waals surface area (Å²) in [5, 5.41) is 5.32. The van der Waals surface area contributed by atoms with Crippen LogP contribution in [0.15, 0.2) is 0 Å². The van der Waals surface area contributed by atoms with E-state index in [4.69, 9.17) is 10.5 Å². The normalized spacial score (nSPS) is 18.1. The van der Waals surface area contributed by atoms with E-state index < -0.39 is 24.1 Å². The van der Waals surface area contributed by atoms with Crippen LogP contribution in [0.4, 0.5) is 4.79 Å². The number of esters is 1. The maximum absolute atomic E-state index is 12.2. The number of thioether (sulfide) groups is 1. The maximum atomic E-state index is 12.2. The Kier molecular flexibility index (Phi) is 9.59. The summed E-state index contributed by atoms with van der Waals surface area (Å²) >= 11 is 1.55. The van der Waals surface area contributed by atoms with Crippen molar-refractivity contribution in [3.63, 3.8) is 0 Å². The Labute approximate surface area is 147 Å². The minimum absolute atomic E-state index is 0.150. The van der Waals surface area contributed by atoms with E-state index in [1.807, 2.05) is 6.26 Å². The Bertz CT molecular complexity index is 426. The molecule has 0 aromatic heterocycles. The Hall–Kier alpha value is -1.44. The molecule has 0 aromatic rings. The first-order chi connectivity index (χ1) is 11.4. The van der Waals surface area contributed by atoms with Gasteiger partial charge in [-0.3, -0.25) is 4.79 Å². The second kappa shape index (κ2) is 11.2. The number of ether oxygens (including phenoxy) is 1. The lowest BCUT2D eigenvalue weighted by Crippen LogP contribution is -2.48. The van der Waals surface area contributed by atoms with Crippen molar-refractivity contribution in [1.82, 2.24) is 10.6 Å². The molecule has 0 bridgehead atoms. The van der Waals surface area contributed by atoms with Crippen LogP contribution in [0.3, 0.4) is 0 Å². The van der Waals surface area contributed by atoms with Gasteiger partial charge in [0.25, 0.3) is 5.91 Å². The molecule has 1 aliphatic rings. The molecule has 1 saturated carbocycles. The van der Waals surface area contributed by atoms with E-state index in [9.17, 15) is 14.4 Å². The van der Waals surface area contributed by atoms with Gasteiger partial charge in [-0.1, -0.05) is 25.7 Å². The third-order valence-electron chi connectivity index (χ3n) is 4.08. The van der Waals surface area contributed by atoms with Crippen molar-refractivity contribution in [3.8, 4) is 0 Å². The van der Waals surface area contributed by atoms with Crippen LogP contribution in [0.2, 0.25) is 0 Å². The average Bonchev–Trinajstić information content (AvgIpc) is 2.79. The van der Waals surface area contributed by atoms with Crippen molar-refractivity contribution >= 4 is 29.7 Å². The molecule has 1 aliphatic carbocycles. The summed E-state index contributed by atoms with van der Waals surface area (Å²) in [6, 6.07) is -1.46. The van der Waals surface area contributed by atoms with Gasteiger partial charge in [0.15, 0.2) is 6.10 Å². The number of rotatable bonds is 8. The SMILES string of the molecule is CSCC[C@@H](NC(N)=O)C(=O)O[C@H](C)C(=O)NC1CCCCCC1. The summed E-state index contributed by atoms with van der Waals surface area (Å²) in [5.74, 6) is -0.257. The molecule has 0 heterocycles. The first-order valence-corrected chi connectivity index (χ1v) is 9.89. The predicted octanol–water partition coefficient (Wildman–Crippen LogP) is 1.55. The van der Waals surface area contributed by atoms with E-state index in [1.54, 1.807) is 18.7 Å². The number of hydrogen-bond donors (Lipinski definition) is 3. The Morgan fingerprint density at radius 3 is 2.38 bits per heavy atom. The largest absolute Gasteiger partial charge is 0.451 e. The van der Waals surface area contributed by atoms with Crippen molar-refractivity contribution in [3.05, 3.63) is 0 Å². The van der Waals surface area contributed by atoms with Crippen molar-refractivity contribution in [2.75, 3.05) is 12.0 Å². The molecule has 8 heteroatoms. The standard InChI is InChI=1S/C16H29N3O4S/c1-11(14(20)18-12-7-5-3-4-6-8-12)23-15(21)13(9-10-24-2)19-16(17)22/h11-13H,3-10H2,1-2H3,(H,18,20)(H3,17,19,22)/t11-,13-/m1/s1.